The second kappa shape index (κ2) is 8.93. The predicted octanol–water partition coefficient (Wildman–Crippen LogP) is 2.28. The van der Waals surface area contributed by atoms with E-state index in [-0.39, 0.29) is 5.82 Å². The summed E-state index contributed by atoms with van der Waals surface area (Å²) >= 11 is 1.66. The van der Waals surface area contributed by atoms with Crippen LogP contribution in [0.1, 0.15) is 16.0 Å². The number of hydrazine groups is 2. The third-order valence-corrected chi connectivity index (χ3v) is 3.57. The predicted molar refractivity (Wildman–Crippen MR) is 90.4 cm³/mol. The Morgan fingerprint density at radius 2 is 2.05 bits per heavy atom. The highest BCUT2D eigenvalue weighted by atomic mass is 32.1. The quantitative estimate of drug-likeness (QED) is 0.349. The van der Waals surface area contributed by atoms with Crippen molar-refractivity contribution in [3.05, 3.63) is 51.5 Å². The molecule has 0 bridgehead atoms. The molecule has 5 N–H and O–H groups in total. The van der Waals surface area contributed by atoms with Gasteiger partial charge in [0, 0.05) is 17.5 Å². The fourth-order valence-electron chi connectivity index (χ4n) is 1.80. The molecule has 0 spiro atoms. The van der Waals surface area contributed by atoms with Gasteiger partial charge in [-0.3, -0.25) is 10.2 Å². The highest BCUT2D eigenvalue weighted by molar-refractivity contribution is 7.10. The lowest BCUT2D eigenvalue weighted by molar-refractivity contribution is -0.109. The van der Waals surface area contributed by atoms with Crippen molar-refractivity contribution in [2.24, 2.45) is 11.7 Å². The number of halogens is 1. The summed E-state index contributed by atoms with van der Waals surface area (Å²) in [4.78, 5) is 10.1. The Balaban J connectivity index is 0.000000541. The van der Waals surface area contributed by atoms with Crippen LogP contribution >= 0.6 is 11.3 Å². The number of nitrogens with zero attached hydrogens (tertiary/aromatic N) is 1. The third kappa shape index (κ3) is 5.28. The van der Waals surface area contributed by atoms with Crippen molar-refractivity contribution in [1.82, 2.24) is 5.43 Å². The fourth-order valence-corrected chi connectivity index (χ4v) is 2.41. The molecule has 0 radical (unpaired) electrons. The summed E-state index contributed by atoms with van der Waals surface area (Å²) < 4.78 is 13.4. The van der Waals surface area contributed by atoms with Crippen LogP contribution in [0.2, 0.25) is 0 Å². The third-order valence-electron chi connectivity index (χ3n) is 2.74. The molecule has 0 aliphatic rings. The monoisotopic (exact) mass is 322 g/mol. The highest BCUT2D eigenvalue weighted by Crippen LogP contribution is 2.26. The van der Waals surface area contributed by atoms with Crippen molar-refractivity contribution in [2.45, 2.75) is 6.92 Å². The van der Waals surface area contributed by atoms with E-state index in [0.717, 1.165) is 16.0 Å². The zero-order chi connectivity index (χ0) is 16.5. The van der Waals surface area contributed by atoms with E-state index in [9.17, 15) is 4.39 Å². The van der Waals surface area contributed by atoms with E-state index >= 15 is 0 Å². The van der Waals surface area contributed by atoms with E-state index in [4.69, 9.17) is 10.6 Å². The molecule has 2 rings (SSSR count). The molecule has 118 valence electrons. The standard InChI is InChI=1S/C14H15FN2S.CH4N2O/c1-10-8-11(15)9-14(17(2)16)13(10)6-5-12-4-3-7-18-12;2-3-1-4/h3-9H,16H2,1-2H3;1H,2H2,(H,3,4)/b6-5+;. The van der Waals surface area contributed by atoms with E-state index in [1.165, 1.54) is 17.1 Å². The SMILES string of the molecule is Cc1cc(F)cc(N(C)N)c1/C=C/c1cccs1.NNC=O. The molecule has 22 heavy (non-hydrogen) atoms. The normalized spacial score (nSPS) is 10.0. The topological polar surface area (TPSA) is 84.4 Å². The molecule has 0 aliphatic heterocycles. The zero-order valence-electron chi connectivity index (χ0n) is 12.4. The lowest BCUT2D eigenvalue weighted by atomic mass is 10.1. The van der Waals surface area contributed by atoms with Gasteiger partial charge in [-0.2, -0.15) is 0 Å². The molecular formula is C15H19FN4OS. The van der Waals surface area contributed by atoms with Crippen molar-refractivity contribution in [1.29, 1.82) is 0 Å². The summed E-state index contributed by atoms with van der Waals surface area (Å²) in [6, 6.07) is 6.99. The first-order valence-electron chi connectivity index (χ1n) is 6.39. The Kier molecular flexibility index (Phi) is 7.24. The lowest BCUT2D eigenvalue weighted by Gasteiger charge is -2.17. The largest absolute Gasteiger partial charge is 0.313 e. The molecule has 0 atom stereocenters. The Labute approximate surface area is 133 Å². The van der Waals surface area contributed by atoms with Crippen LogP contribution in [0.15, 0.2) is 29.6 Å². The van der Waals surface area contributed by atoms with Gasteiger partial charge < -0.3 is 5.01 Å². The molecule has 1 aromatic heterocycles. The van der Waals surface area contributed by atoms with Crippen molar-refractivity contribution in [3.8, 4) is 0 Å². The van der Waals surface area contributed by atoms with Gasteiger partial charge in [-0.05, 0) is 42.1 Å². The van der Waals surface area contributed by atoms with E-state index in [1.807, 2.05) is 36.6 Å². The average Bonchev–Trinajstić information content (AvgIpc) is 2.99. The number of nitrogens with one attached hydrogen (secondary N) is 1. The molecule has 0 saturated heterocycles. The maximum absolute atomic E-state index is 13.4. The maximum atomic E-state index is 13.4. The van der Waals surface area contributed by atoms with Crippen LogP contribution in [-0.2, 0) is 4.79 Å². The van der Waals surface area contributed by atoms with E-state index in [2.05, 4.69) is 5.84 Å². The molecule has 0 aliphatic carbocycles. The van der Waals surface area contributed by atoms with Crippen LogP contribution in [0.3, 0.4) is 0 Å². The highest BCUT2D eigenvalue weighted by Gasteiger charge is 2.08. The number of hydrogen-bond acceptors (Lipinski definition) is 5. The van der Waals surface area contributed by atoms with Gasteiger partial charge in [-0.1, -0.05) is 12.1 Å². The molecule has 1 heterocycles. The fraction of sp³-hybridized carbons (Fsp3) is 0.133. The van der Waals surface area contributed by atoms with Crippen LogP contribution in [0, 0.1) is 12.7 Å². The zero-order valence-corrected chi connectivity index (χ0v) is 13.2. The van der Waals surface area contributed by atoms with Crippen LogP contribution in [0.5, 0.6) is 0 Å². The summed E-state index contributed by atoms with van der Waals surface area (Å²) in [6.07, 6.45) is 4.39. The van der Waals surface area contributed by atoms with Gasteiger partial charge in [-0.15, -0.1) is 11.3 Å². The molecule has 0 fully saturated rings. The molecule has 0 unspecified atom stereocenters. The minimum Gasteiger partial charge on any atom is -0.313 e. The van der Waals surface area contributed by atoms with Gasteiger partial charge >= 0.3 is 0 Å². The minimum atomic E-state index is -0.270. The molecule has 1 aromatic carbocycles. The summed E-state index contributed by atoms with van der Waals surface area (Å²) in [7, 11) is 1.71. The molecule has 7 heteroatoms. The van der Waals surface area contributed by atoms with Crippen LogP contribution in [-0.4, -0.2) is 13.5 Å². The average molecular weight is 322 g/mol. The Bertz CT molecular complexity index is 627. The van der Waals surface area contributed by atoms with Gasteiger partial charge in [0.15, 0.2) is 0 Å². The molecule has 5 nitrogen and oxygen atoms in total. The van der Waals surface area contributed by atoms with Gasteiger partial charge in [0.25, 0.3) is 0 Å². The Morgan fingerprint density at radius 3 is 2.55 bits per heavy atom. The number of thiophene rings is 1. The number of rotatable bonds is 4. The van der Waals surface area contributed by atoms with Crippen molar-refractivity contribution < 1.29 is 9.18 Å². The first kappa shape index (κ1) is 17.8. The van der Waals surface area contributed by atoms with Gasteiger partial charge in [0.05, 0.1) is 5.69 Å². The Hall–Kier alpha value is -2.22. The first-order chi connectivity index (χ1) is 10.5. The summed E-state index contributed by atoms with van der Waals surface area (Å²) in [5.74, 6) is 9.88. The second-order valence-corrected chi connectivity index (χ2v) is 5.38. The molecule has 1 amide bonds. The summed E-state index contributed by atoms with van der Waals surface area (Å²) in [6.45, 7) is 1.88. The number of hydrogen-bond donors (Lipinski definition) is 3. The van der Waals surface area contributed by atoms with Crippen LogP contribution < -0.4 is 22.1 Å². The smallest absolute Gasteiger partial charge is 0.221 e. The van der Waals surface area contributed by atoms with E-state index in [0.29, 0.717) is 12.1 Å². The van der Waals surface area contributed by atoms with Gasteiger partial charge in [-0.25, -0.2) is 16.1 Å². The van der Waals surface area contributed by atoms with E-state index in [1.54, 1.807) is 23.8 Å². The van der Waals surface area contributed by atoms with E-state index < -0.39 is 0 Å². The number of carbonyl (C=O) groups is 1. The van der Waals surface area contributed by atoms with Gasteiger partial charge in [0.2, 0.25) is 6.41 Å². The maximum Gasteiger partial charge on any atom is 0.221 e. The molecular weight excluding hydrogens is 303 g/mol. The minimum absolute atomic E-state index is 0.270. The van der Waals surface area contributed by atoms with Crippen LogP contribution in [0.25, 0.3) is 12.2 Å². The lowest BCUT2D eigenvalue weighted by Crippen LogP contribution is -2.26. The number of anilines is 1. The number of benzene rings is 1. The van der Waals surface area contributed by atoms with Crippen LogP contribution in [0.4, 0.5) is 10.1 Å². The Morgan fingerprint density at radius 1 is 1.36 bits per heavy atom. The number of nitrogens with two attached hydrogens (primary N) is 2. The summed E-state index contributed by atoms with van der Waals surface area (Å²) in [5.41, 5.74) is 4.24. The van der Waals surface area contributed by atoms with Gasteiger partial charge in [0.1, 0.15) is 5.82 Å². The molecule has 0 saturated carbocycles. The first-order valence-corrected chi connectivity index (χ1v) is 7.27. The number of carbonyl (C=O) groups excluding carboxylic acids is 1. The number of aryl methyl sites for hydroxylation is 1. The second-order valence-electron chi connectivity index (χ2n) is 4.40. The van der Waals surface area contributed by atoms with Crippen molar-refractivity contribution >= 4 is 35.6 Å². The van der Waals surface area contributed by atoms with Crippen molar-refractivity contribution in [2.75, 3.05) is 12.1 Å². The van der Waals surface area contributed by atoms with Crippen molar-refractivity contribution in [3.63, 3.8) is 0 Å². The molecule has 2 aromatic rings. The number of amides is 1. The summed E-state index contributed by atoms with van der Waals surface area (Å²) in [5, 5.41) is 3.46.